The molecule has 192 valence electrons. The number of aryl methyl sites for hydroxylation is 1. The van der Waals surface area contributed by atoms with E-state index < -0.39 is 33.4 Å². The van der Waals surface area contributed by atoms with Crippen LogP contribution in [0.5, 0.6) is 5.75 Å². The van der Waals surface area contributed by atoms with Crippen LogP contribution < -0.4 is 9.64 Å². The molecule has 1 fully saturated rings. The summed E-state index contributed by atoms with van der Waals surface area (Å²) in [5.41, 5.74) is 0.0714. The second-order valence-corrected chi connectivity index (χ2v) is 10.7. The molecule has 0 spiro atoms. The molecule has 35 heavy (non-hydrogen) atoms. The number of carbonyl (C=O) groups is 1. The van der Waals surface area contributed by atoms with Crippen LogP contribution in [0.15, 0.2) is 41.3 Å². The summed E-state index contributed by atoms with van der Waals surface area (Å²) >= 11 is 0. The van der Waals surface area contributed by atoms with E-state index in [-0.39, 0.29) is 55.7 Å². The molecule has 0 bridgehead atoms. The van der Waals surface area contributed by atoms with Gasteiger partial charge in [0.1, 0.15) is 30.3 Å². The average Bonchev–Trinajstić information content (AvgIpc) is 2.76. The Hall–Kier alpha value is -2.92. The monoisotopic (exact) mass is 512 g/mol. The number of anilines is 1. The van der Waals surface area contributed by atoms with Crippen LogP contribution in [0.3, 0.4) is 0 Å². The molecular formula is C24H30F2N2O6S. The van der Waals surface area contributed by atoms with Gasteiger partial charge in [0, 0.05) is 38.3 Å². The van der Waals surface area contributed by atoms with Gasteiger partial charge in [-0.3, -0.25) is 4.18 Å². The highest BCUT2D eigenvalue weighted by Gasteiger charge is 2.28. The number of halogens is 2. The first-order valence-electron chi connectivity index (χ1n) is 11.2. The zero-order chi connectivity index (χ0) is 25.8. The van der Waals surface area contributed by atoms with Gasteiger partial charge < -0.3 is 19.3 Å². The van der Waals surface area contributed by atoms with Gasteiger partial charge in [0.05, 0.1) is 4.90 Å². The van der Waals surface area contributed by atoms with Gasteiger partial charge >= 0.3 is 6.09 Å². The number of ether oxygens (including phenoxy) is 2. The highest BCUT2D eigenvalue weighted by molar-refractivity contribution is 7.86. The van der Waals surface area contributed by atoms with Crippen LogP contribution in [0.1, 0.15) is 26.3 Å². The number of amides is 1. The Bertz CT molecular complexity index is 1120. The Kier molecular flexibility index (Phi) is 8.22. The van der Waals surface area contributed by atoms with Crippen LogP contribution in [0.4, 0.5) is 19.3 Å². The fourth-order valence-electron chi connectivity index (χ4n) is 3.44. The van der Waals surface area contributed by atoms with Crippen LogP contribution in [-0.2, 0) is 19.0 Å². The maximum Gasteiger partial charge on any atom is 0.410 e. The van der Waals surface area contributed by atoms with Crippen molar-refractivity contribution in [3.8, 4) is 5.75 Å². The fourth-order valence-corrected chi connectivity index (χ4v) is 4.34. The van der Waals surface area contributed by atoms with Gasteiger partial charge in [0.25, 0.3) is 10.1 Å². The number of piperazine rings is 1. The third-order valence-corrected chi connectivity index (χ3v) is 6.46. The first-order valence-corrected chi connectivity index (χ1v) is 12.6. The Morgan fingerprint density at radius 3 is 2.09 bits per heavy atom. The molecule has 0 aliphatic carbocycles. The highest BCUT2D eigenvalue weighted by Crippen LogP contribution is 2.29. The van der Waals surface area contributed by atoms with Crippen molar-refractivity contribution < 1.29 is 35.6 Å². The van der Waals surface area contributed by atoms with Crippen molar-refractivity contribution in [1.82, 2.24) is 4.90 Å². The van der Waals surface area contributed by atoms with Gasteiger partial charge in [-0.25, -0.2) is 13.6 Å². The molecule has 11 heteroatoms. The normalized spacial score (nSPS) is 14.7. The van der Waals surface area contributed by atoms with Crippen molar-refractivity contribution in [3.63, 3.8) is 0 Å². The first-order chi connectivity index (χ1) is 16.4. The Labute approximate surface area is 204 Å². The highest BCUT2D eigenvalue weighted by atomic mass is 32.2. The number of rotatable bonds is 7. The molecule has 2 aromatic carbocycles. The van der Waals surface area contributed by atoms with Gasteiger partial charge in [0.2, 0.25) is 0 Å². The van der Waals surface area contributed by atoms with E-state index in [9.17, 15) is 22.0 Å². The van der Waals surface area contributed by atoms with Crippen molar-refractivity contribution in [1.29, 1.82) is 0 Å². The quantitative estimate of drug-likeness (QED) is 0.408. The standard InChI is InChI=1S/C24H30F2N2O6S/c1-17-5-7-19(8-6-17)35(30,31)33-14-13-32-18-15-20(25)22(21(26)16-18)27-9-11-28(12-10-27)23(29)34-24(2,3)4/h5-8,15-16H,9-14H2,1-4H3. The molecule has 0 saturated carbocycles. The Balaban J connectivity index is 1.53. The summed E-state index contributed by atoms with van der Waals surface area (Å²) in [6.45, 7) is 7.58. The van der Waals surface area contributed by atoms with E-state index in [0.29, 0.717) is 0 Å². The smallest absolute Gasteiger partial charge is 0.410 e. The largest absolute Gasteiger partial charge is 0.491 e. The van der Waals surface area contributed by atoms with Crippen molar-refractivity contribution in [3.05, 3.63) is 53.6 Å². The summed E-state index contributed by atoms with van der Waals surface area (Å²) in [5, 5.41) is 0. The zero-order valence-corrected chi connectivity index (χ0v) is 21.0. The van der Waals surface area contributed by atoms with Gasteiger partial charge in [0.15, 0.2) is 11.6 Å². The molecule has 0 radical (unpaired) electrons. The van der Waals surface area contributed by atoms with E-state index in [4.69, 9.17) is 13.7 Å². The predicted octanol–water partition coefficient (Wildman–Crippen LogP) is 4.11. The molecule has 0 unspecified atom stereocenters. The van der Waals surface area contributed by atoms with Crippen LogP contribution in [0.25, 0.3) is 0 Å². The molecule has 1 saturated heterocycles. The van der Waals surface area contributed by atoms with E-state index in [0.717, 1.165) is 17.7 Å². The number of benzene rings is 2. The molecule has 1 amide bonds. The lowest BCUT2D eigenvalue weighted by Crippen LogP contribution is -2.50. The molecule has 2 aromatic rings. The maximum atomic E-state index is 14.7. The maximum absolute atomic E-state index is 14.7. The van der Waals surface area contributed by atoms with Crippen molar-refractivity contribution in [2.24, 2.45) is 0 Å². The van der Waals surface area contributed by atoms with E-state index in [2.05, 4.69) is 0 Å². The molecule has 3 rings (SSSR count). The minimum atomic E-state index is -3.96. The van der Waals surface area contributed by atoms with E-state index in [1.807, 2.05) is 6.92 Å². The third kappa shape index (κ3) is 7.28. The molecule has 1 aliphatic heterocycles. The molecule has 8 nitrogen and oxygen atoms in total. The van der Waals surface area contributed by atoms with Crippen LogP contribution >= 0.6 is 0 Å². The number of nitrogens with zero attached hydrogens (tertiary/aromatic N) is 2. The van der Waals surface area contributed by atoms with Crippen LogP contribution in [-0.4, -0.2) is 64.4 Å². The molecular weight excluding hydrogens is 482 g/mol. The molecule has 0 aromatic heterocycles. The first kappa shape index (κ1) is 26.7. The average molecular weight is 513 g/mol. The summed E-state index contributed by atoms with van der Waals surface area (Å²) in [5.74, 6) is -1.73. The molecule has 1 aliphatic rings. The summed E-state index contributed by atoms with van der Waals surface area (Å²) in [6, 6.07) is 8.24. The summed E-state index contributed by atoms with van der Waals surface area (Å²) in [6.07, 6.45) is -0.464. The van der Waals surface area contributed by atoms with Crippen LogP contribution in [0, 0.1) is 18.6 Å². The second kappa shape index (κ2) is 10.8. The number of hydrogen-bond donors (Lipinski definition) is 0. The van der Waals surface area contributed by atoms with Crippen molar-refractivity contribution in [2.45, 2.75) is 38.2 Å². The zero-order valence-electron chi connectivity index (χ0n) is 20.2. The predicted molar refractivity (Wildman–Crippen MR) is 126 cm³/mol. The van der Waals surface area contributed by atoms with Crippen LogP contribution in [0.2, 0.25) is 0 Å². The van der Waals surface area contributed by atoms with E-state index in [1.54, 1.807) is 32.9 Å². The lowest BCUT2D eigenvalue weighted by atomic mass is 10.2. The van der Waals surface area contributed by atoms with Gasteiger partial charge in [-0.05, 0) is 39.8 Å². The summed E-state index contributed by atoms with van der Waals surface area (Å²) < 4.78 is 69.4. The molecule has 0 N–H and O–H groups in total. The lowest BCUT2D eigenvalue weighted by molar-refractivity contribution is 0.0240. The van der Waals surface area contributed by atoms with E-state index in [1.165, 1.54) is 21.9 Å². The minimum absolute atomic E-state index is 0.0105. The van der Waals surface area contributed by atoms with Crippen molar-refractivity contribution in [2.75, 3.05) is 44.3 Å². The number of carbonyl (C=O) groups excluding carboxylic acids is 1. The van der Waals surface area contributed by atoms with Crippen molar-refractivity contribution >= 4 is 21.9 Å². The van der Waals surface area contributed by atoms with E-state index >= 15 is 0 Å². The molecule has 1 heterocycles. The fraction of sp³-hybridized carbons (Fsp3) is 0.458. The van der Waals surface area contributed by atoms with Gasteiger partial charge in [-0.2, -0.15) is 8.42 Å². The van der Waals surface area contributed by atoms with Gasteiger partial charge in [-0.15, -0.1) is 0 Å². The summed E-state index contributed by atoms with van der Waals surface area (Å²) in [7, 11) is -3.96. The second-order valence-electron chi connectivity index (χ2n) is 9.13. The topological polar surface area (TPSA) is 85.4 Å². The number of hydrogen-bond acceptors (Lipinski definition) is 7. The summed E-state index contributed by atoms with van der Waals surface area (Å²) in [4.78, 5) is 15.2. The Morgan fingerprint density at radius 1 is 0.971 bits per heavy atom. The minimum Gasteiger partial charge on any atom is -0.491 e. The van der Waals surface area contributed by atoms with Gasteiger partial charge in [-0.1, -0.05) is 17.7 Å². The lowest BCUT2D eigenvalue weighted by Gasteiger charge is -2.37. The third-order valence-electron chi connectivity index (χ3n) is 5.14. The SMILES string of the molecule is Cc1ccc(S(=O)(=O)OCCOc2cc(F)c(N3CCN(C(=O)OC(C)(C)C)CC3)c(F)c2)cc1. The molecule has 0 atom stereocenters. The Morgan fingerprint density at radius 2 is 1.54 bits per heavy atom.